The Bertz CT molecular complexity index is 796. The first-order chi connectivity index (χ1) is 14.7. The van der Waals surface area contributed by atoms with Crippen molar-refractivity contribution in [3.63, 3.8) is 0 Å². The number of benzene rings is 2. The Morgan fingerprint density at radius 1 is 0.710 bits per heavy atom. The van der Waals surface area contributed by atoms with Crippen LogP contribution in [0.15, 0.2) is 36.4 Å². The molecule has 0 aliphatic heterocycles. The molecule has 2 aromatic rings. The molecule has 2 unspecified atom stereocenters. The van der Waals surface area contributed by atoms with Crippen LogP contribution in [-0.4, -0.2) is 37.1 Å². The summed E-state index contributed by atoms with van der Waals surface area (Å²) in [6, 6.07) is 11.8. The zero-order chi connectivity index (χ0) is 23.0. The zero-order valence-electron chi connectivity index (χ0n) is 19.4. The lowest BCUT2D eigenvalue weighted by Crippen LogP contribution is -2.40. The molecule has 2 aromatic carbocycles. The molecular formula is C25H34N2O4. The topological polar surface area (TPSA) is 76.7 Å². The molecule has 2 rings (SSSR count). The first-order valence-electron chi connectivity index (χ1n) is 10.7. The molecule has 2 amide bonds. The third-order valence-electron chi connectivity index (χ3n) is 5.10. The van der Waals surface area contributed by atoms with Gasteiger partial charge in [0.1, 0.15) is 11.5 Å². The average molecular weight is 427 g/mol. The maximum Gasteiger partial charge on any atom is 0.260 e. The molecule has 6 nitrogen and oxygen atoms in total. The number of rotatable bonds is 10. The Balaban J connectivity index is 1.70. The van der Waals surface area contributed by atoms with Crippen LogP contribution < -0.4 is 20.1 Å². The molecule has 6 heteroatoms. The van der Waals surface area contributed by atoms with Crippen molar-refractivity contribution in [2.24, 2.45) is 0 Å². The third-order valence-corrected chi connectivity index (χ3v) is 5.10. The van der Waals surface area contributed by atoms with E-state index in [4.69, 9.17) is 9.47 Å². The molecule has 31 heavy (non-hydrogen) atoms. The molecular weight excluding hydrogens is 392 g/mol. The third kappa shape index (κ3) is 7.02. The van der Waals surface area contributed by atoms with Gasteiger partial charge < -0.3 is 20.1 Å². The van der Waals surface area contributed by atoms with Crippen LogP contribution in [0.1, 0.15) is 42.5 Å². The van der Waals surface area contributed by atoms with Crippen molar-refractivity contribution in [2.45, 2.75) is 60.2 Å². The lowest BCUT2D eigenvalue weighted by molar-refractivity contribution is -0.127. The van der Waals surface area contributed by atoms with Gasteiger partial charge in [0.15, 0.2) is 12.2 Å². The lowest BCUT2D eigenvalue weighted by atomic mass is 10.1. The first kappa shape index (κ1) is 24.3. The van der Waals surface area contributed by atoms with Crippen molar-refractivity contribution in [1.29, 1.82) is 0 Å². The van der Waals surface area contributed by atoms with E-state index in [0.29, 0.717) is 19.5 Å². The number of para-hydroxylation sites is 2. The second kappa shape index (κ2) is 11.4. The fourth-order valence-corrected chi connectivity index (χ4v) is 3.23. The quantitative estimate of drug-likeness (QED) is 0.567. The molecule has 0 radical (unpaired) electrons. The van der Waals surface area contributed by atoms with Crippen LogP contribution >= 0.6 is 0 Å². The van der Waals surface area contributed by atoms with Gasteiger partial charge in [-0.15, -0.1) is 0 Å². The number of aryl methyl sites for hydroxylation is 4. The SMILES string of the molecule is Cc1cccc(C)c1OC(C)C(=O)NCCCNC(=O)C(C)Oc1c(C)cccc1C. The number of carbonyl (C=O) groups excluding carboxylic acids is 2. The molecule has 168 valence electrons. The Kier molecular flexibility index (Phi) is 8.91. The summed E-state index contributed by atoms with van der Waals surface area (Å²) >= 11 is 0. The minimum Gasteiger partial charge on any atom is -0.480 e. The van der Waals surface area contributed by atoms with Crippen molar-refractivity contribution in [3.05, 3.63) is 58.7 Å². The van der Waals surface area contributed by atoms with Gasteiger partial charge in [0.25, 0.3) is 11.8 Å². The Hall–Kier alpha value is -3.02. The minimum absolute atomic E-state index is 0.180. The molecule has 0 aromatic heterocycles. The predicted molar refractivity (Wildman–Crippen MR) is 123 cm³/mol. The molecule has 0 saturated heterocycles. The largest absolute Gasteiger partial charge is 0.480 e. The van der Waals surface area contributed by atoms with Crippen LogP contribution in [0.3, 0.4) is 0 Å². The molecule has 0 heterocycles. The van der Waals surface area contributed by atoms with E-state index in [1.54, 1.807) is 13.8 Å². The van der Waals surface area contributed by atoms with Gasteiger partial charge in [-0.25, -0.2) is 0 Å². The molecule has 2 N–H and O–H groups in total. The number of nitrogens with one attached hydrogen (secondary N) is 2. The molecule has 0 saturated carbocycles. The van der Waals surface area contributed by atoms with E-state index in [1.807, 2.05) is 64.1 Å². The summed E-state index contributed by atoms with van der Waals surface area (Å²) in [5.41, 5.74) is 4.00. The van der Waals surface area contributed by atoms with E-state index in [-0.39, 0.29) is 11.8 Å². The molecule has 0 aliphatic rings. The van der Waals surface area contributed by atoms with E-state index in [9.17, 15) is 9.59 Å². The zero-order valence-corrected chi connectivity index (χ0v) is 19.4. The van der Waals surface area contributed by atoms with Crippen LogP contribution in [0.25, 0.3) is 0 Å². The normalized spacial score (nSPS) is 12.6. The number of carbonyl (C=O) groups is 2. The number of amides is 2. The van der Waals surface area contributed by atoms with Crippen molar-refractivity contribution in [1.82, 2.24) is 10.6 Å². The van der Waals surface area contributed by atoms with Crippen molar-refractivity contribution in [3.8, 4) is 11.5 Å². The highest BCUT2D eigenvalue weighted by atomic mass is 16.5. The van der Waals surface area contributed by atoms with Crippen LogP contribution in [0.2, 0.25) is 0 Å². The number of ether oxygens (including phenoxy) is 2. The maximum absolute atomic E-state index is 12.3. The molecule has 0 fully saturated rings. The summed E-state index contributed by atoms with van der Waals surface area (Å²) in [5.74, 6) is 1.13. The van der Waals surface area contributed by atoms with Crippen molar-refractivity contribution in [2.75, 3.05) is 13.1 Å². The van der Waals surface area contributed by atoms with Crippen LogP contribution in [0.4, 0.5) is 0 Å². The van der Waals surface area contributed by atoms with Crippen molar-refractivity contribution >= 4 is 11.8 Å². The summed E-state index contributed by atoms with van der Waals surface area (Å²) in [6.07, 6.45) is -0.579. The monoisotopic (exact) mass is 426 g/mol. The van der Waals surface area contributed by atoms with Crippen LogP contribution in [0, 0.1) is 27.7 Å². The van der Waals surface area contributed by atoms with Gasteiger partial charge in [-0.2, -0.15) is 0 Å². The summed E-state index contributed by atoms with van der Waals surface area (Å²) in [7, 11) is 0. The fraction of sp³-hybridized carbons (Fsp3) is 0.440. The van der Waals surface area contributed by atoms with E-state index >= 15 is 0 Å². The van der Waals surface area contributed by atoms with Gasteiger partial charge in [-0.3, -0.25) is 9.59 Å². The van der Waals surface area contributed by atoms with E-state index in [2.05, 4.69) is 10.6 Å². The highest BCUT2D eigenvalue weighted by Gasteiger charge is 2.18. The Morgan fingerprint density at radius 2 is 1.03 bits per heavy atom. The molecule has 0 aliphatic carbocycles. The van der Waals surface area contributed by atoms with E-state index < -0.39 is 12.2 Å². The smallest absolute Gasteiger partial charge is 0.260 e. The summed E-state index contributed by atoms with van der Waals surface area (Å²) < 4.78 is 11.7. The summed E-state index contributed by atoms with van der Waals surface area (Å²) in [5, 5.41) is 5.71. The molecule has 0 bridgehead atoms. The van der Waals surface area contributed by atoms with E-state index in [0.717, 1.165) is 33.8 Å². The van der Waals surface area contributed by atoms with E-state index in [1.165, 1.54) is 0 Å². The van der Waals surface area contributed by atoms with Gasteiger partial charge in [0.05, 0.1) is 0 Å². The maximum atomic E-state index is 12.3. The van der Waals surface area contributed by atoms with Gasteiger partial charge in [0, 0.05) is 13.1 Å². The standard InChI is InChI=1S/C25H34N2O4/c1-16-10-7-11-17(2)22(16)30-20(5)24(28)26-14-9-15-27-25(29)21(6)31-23-18(3)12-8-13-19(23)4/h7-8,10-13,20-21H,9,14-15H2,1-6H3,(H,26,28)(H,27,29). The molecule has 2 atom stereocenters. The summed E-state index contributed by atoms with van der Waals surface area (Å²) in [6.45, 7) is 12.2. The Labute approximate surface area is 185 Å². The Morgan fingerprint density at radius 3 is 1.35 bits per heavy atom. The average Bonchev–Trinajstić information content (AvgIpc) is 2.72. The van der Waals surface area contributed by atoms with Gasteiger partial charge in [0.2, 0.25) is 0 Å². The first-order valence-corrected chi connectivity index (χ1v) is 10.7. The second-order valence-electron chi connectivity index (χ2n) is 7.90. The predicted octanol–water partition coefficient (Wildman–Crippen LogP) is 3.78. The highest BCUT2D eigenvalue weighted by Crippen LogP contribution is 2.24. The minimum atomic E-state index is -0.597. The second-order valence-corrected chi connectivity index (χ2v) is 7.90. The van der Waals surface area contributed by atoms with Crippen LogP contribution in [-0.2, 0) is 9.59 Å². The van der Waals surface area contributed by atoms with Gasteiger partial charge in [-0.05, 0) is 70.2 Å². The van der Waals surface area contributed by atoms with Crippen molar-refractivity contribution < 1.29 is 19.1 Å². The number of hydrogen-bond acceptors (Lipinski definition) is 4. The number of hydrogen-bond donors (Lipinski definition) is 2. The van der Waals surface area contributed by atoms with Gasteiger partial charge in [-0.1, -0.05) is 36.4 Å². The van der Waals surface area contributed by atoms with Gasteiger partial charge >= 0.3 is 0 Å². The highest BCUT2D eigenvalue weighted by molar-refractivity contribution is 5.81. The van der Waals surface area contributed by atoms with Crippen LogP contribution in [0.5, 0.6) is 11.5 Å². The molecule has 0 spiro atoms. The summed E-state index contributed by atoms with van der Waals surface area (Å²) in [4.78, 5) is 24.6. The lowest BCUT2D eigenvalue weighted by Gasteiger charge is -2.19. The fourth-order valence-electron chi connectivity index (χ4n) is 3.23.